The van der Waals surface area contributed by atoms with Crippen LogP contribution in [0.5, 0.6) is 0 Å². The Morgan fingerprint density at radius 2 is 2.06 bits per heavy atom. The summed E-state index contributed by atoms with van der Waals surface area (Å²) in [6.07, 6.45) is 3.08. The molecular formula is C13H15NO2. The molecule has 0 saturated heterocycles. The molecule has 1 aliphatic heterocycles. The summed E-state index contributed by atoms with van der Waals surface area (Å²) in [5.41, 5.74) is 2.51. The first-order valence-electron chi connectivity index (χ1n) is 5.72. The fourth-order valence-electron chi connectivity index (χ4n) is 2.33. The van der Waals surface area contributed by atoms with Crippen molar-refractivity contribution >= 4 is 11.6 Å². The highest BCUT2D eigenvalue weighted by atomic mass is 16.3. The number of fused-ring (bicyclic) bond motifs is 1. The van der Waals surface area contributed by atoms with E-state index in [0.29, 0.717) is 6.42 Å². The Labute approximate surface area is 94.7 Å². The molecule has 0 bridgehead atoms. The Morgan fingerprint density at radius 1 is 1.31 bits per heavy atom. The summed E-state index contributed by atoms with van der Waals surface area (Å²) in [4.78, 5) is 13.3. The van der Waals surface area contributed by atoms with Crippen LogP contribution in [0.3, 0.4) is 0 Å². The van der Waals surface area contributed by atoms with E-state index < -0.39 is 5.60 Å². The molecular weight excluding hydrogens is 202 g/mol. The maximum atomic E-state index is 11.6. The second kappa shape index (κ2) is 3.08. The number of carbonyl (C=O) groups is 1. The second-order valence-electron chi connectivity index (χ2n) is 4.83. The molecule has 1 fully saturated rings. The van der Waals surface area contributed by atoms with Crippen LogP contribution in [-0.2, 0) is 16.8 Å². The summed E-state index contributed by atoms with van der Waals surface area (Å²) in [7, 11) is 1.81. The highest BCUT2D eigenvalue weighted by Gasteiger charge is 2.42. The monoisotopic (exact) mass is 217 g/mol. The second-order valence-corrected chi connectivity index (χ2v) is 4.83. The van der Waals surface area contributed by atoms with Gasteiger partial charge in [0.2, 0.25) is 5.91 Å². The van der Waals surface area contributed by atoms with Crippen molar-refractivity contribution < 1.29 is 9.90 Å². The number of amides is 1. The highest BCUT2D eigenvalue weighted by Crippen LogP contribution is 2.46. The number of nitrogens with zero attached hydrogens (tertiary/aromatic N) is 1. The molecule has 3 rings (SSSR count). The van der Waals surface area contributed by atoms with Crippen molar-refractivity contribution in [3.8, 4) is 0 Å². The Hall–Kier alpha value is -1.35. The van der Waals surface area contributed by atoms with Crippen molar-refractivity contribution in [1.29, 1.82) is 0 Å². The number of hydrogen-bond donors (Lipinski definition) is 1. The average molecular weight is 217 g/mol. The number of benzene rings is 1. The van der Waals surface area contributed by atoms with Crippen LogP contribution in [0.2, 0.25) is 0 Å². The summed E-state index contributed by atoms with van der Waals surface area (Å²) in [6, 6.07) is 6.01. The lowest BCUT2D eigenvalue weighted by Gasteiger charge is -2.26. The summed E-state index contributed by atoms with van der Waals surface area (Å²) in [6.45, 7) is 0. The van der Waals surface area contributed by atoms with Crippen molar-refractivity contribution in [2.75, 3.05) is 11.9 Å². The molecule has 0 atom stereocenters. The number of hydrogen-bond acceptors (Lipinski definition) is 2. The van der Waals surface area contributed by atoms with Gasteiger partial charge < -0.3 is 10.0 Å². The first-order chi connectivity index (χ1) is 7.60. The van der Waals surface area contributed by atoms with Crippen molar-refractivity contribution in [2.24, 2.45) is 0 Å². The molecule has 0 radical (unpaired) electrons. The third-order valence-electron chi connectivity index (χ3n) is 3.69. The third kappa shape index (κ3) is 1.35. The zero-order chi connectivity index (χ0) is 11.3. The van der Waals surface area contributed by atoms with Crippen molar-refractivity contribution in [1.82, 2.24) is 0 Å². The van der Waals surface area contributed by atoms with Crippen LogP contribution in [-0.4, -0.2) is 18.1 Å². The van der Waals surface area contributed by atoms with E-state index in [9.17, 15) is 9.90 Å². The summed E-state index contributed by atoms with van der Waals surface area (Å²) < 4.78 is 0. The zero-order valence-corrected chi connectivity index (χ0v) is 9.36. The smallest absolute Gasteiger partial charge is 0.227 e. The first-order valence-corrected chi connectivity index (χ1v) is 5.72. The first kappa shape index (κ1) is 9.85. The van der Waals surface area contributed by atoms with E-state index in [1.54, 1.807) is 11.9 Å². The molecule has 1 heterocycles. The zero-order valence-electron chi connectivity index (χ0n) is 9.36. The number of aliphatic hydroxyl groups is 1. The number of carbonyl (C=O) groups excluding carboxylic acids is 1. The third-order valence-corrected chi connectivity index (χ3v) is 3.69. The average Bonchev–Trinajstić information content (AvgIpc) is 3.03. The summed E-state index contributed by atoms with van der Waals surface area (Å²) in [5.74, 6) is 0.160. The van der Waals surface area contributed by atoms with Crippen LogP contribution in [0.4, 0.5) is 5.69 Å². The molecule has 84 valence electrons. The predicted octanol–water partition coefficient (Wildman–Crippen LogP) is 1.58. The van der Waals surface area contributed by atoms with Gasteiger partial charge in [-0.3, -0.25) is 4.79 Å². The molecule has 0 aromatic heterocycles. The van der Waals surface area contributed by atoms with Gasteiger partial charge in [0, 0.05) is 19.2 Å². The van der Waals surface area contributed by atoms with Gasteiger partial charge in [-0.05, 0) is 36.5 Å². The van der Waals surface area contributed by atoms with E-state index in [1.165, 1.54) is 5.56 Å². The minimum atomic E-state index is -0.615. The highest BCUT2D eigenvalue weighted by molar-refractivity contribution is 5.96. The molecule has 3 heteroatoms. The van der Waals surface area contributed by atoms with E-state index in [1.807, 2.05) is 18.2 Å². The molecule has 1 amide bonds. The van der Waals surface area contributed by atoms with E-state index in [2.05, 4.69) is 0 Å². The largest absolute Gasteiger partial charge is 0.385 e. The lowest BCUT2D eigenvalue weighted by molar-refractivity contribution is -0.118. The van der Waals surface area contributed by atoms with E-state index in [0.717, 1.165) is 30.5 Å². The van der Waals surface area contributed by atoms with Crippen LogP contribution in [0.15, 0.2) is 18.2 Å². The molecule has 1 aliphatic carbocycles. The van der Waals surface area contributed by atoms with E-state index in [4.69, 9.17) is 0 Å². The summed E-state index contributed by atoms with van der Waals surface area (Å²) in [5, 5.41) is 10.1. The van der Waals surface area contributed by atoms with E-state index >= 15 is 0 Å². The Bertz CT molecular complexity index is 463. The van der Waals surface area contributed by atoms with Gasteiger partial charge >= 0.3 is 0 Å². The molecule has 1 saturated carbocycles. The van der Waals surface area contributed by atoms with Gasteiger partial charge in [-0.1, -0.05) is 12.1 Å². The van der Waals surface area contributed by atoms with Gasteiger partial charge in [-0.25, -0.2) is 0 Å². The predicted molar refractivity (Wildman–Crippen MR) is 61.3 cm³/mol. The SMILES string of the molecule is CN1C(=O)CCc2ccc(C3(O)CC3)cc21. The minimum Gasteiger partial charge on any atom is -0.385 e. The number of rotatable bonds is 1. The number of anilines is 1. The van der Waals surface area contributed by atoms with Crippen LogP contribution < -0.4 is 4.90 Å². The van der Waals surface area contributed by atoms with Crippen LogP contribution in [0, 0.1) is 0 Å². The van der Waals surface area contributed by atoms with Gasteiger partial charge in [0.1, 0.15) is 0 Å². The lowest BCUT2D eigenvalue weighted by atomic mass is 9.97. The fraction of sp³-hybridized carbons (Fsp3) is 0.462. The lowest BCUT2D eigenvalue weighted by Crippen LogP contribution is -2.31. The molecule has 16 heavy (non-hydrogen) atoms. The van der Waals surface area contributed by atoms with Gasteiger partial charge in [-0.15, -0.1) is 0 Å². The molecule has 1 N–H and O–H groups in total. The number of aryl methyl sites for hydroxylation is 1. The van der Waals surface area contributed by atoms with Crippen molar-refractivity contribution in [2.45, 2.75) is 31.3 Å². The van der Waals surface area contributed by atoms with Crippen LogP contribution >= 0.6 is 0 Å². The van der Waals surface area contributed by atoms with Crippen molar-refractivity contribution in [3.63, 3.8) is 0 Å². The molecule has 2 aliphatic rings. The fourth-order valence-corrected chi connectivity index (χ4v) is 2.33. The topological polar surface area (TPSA) is 40.5 Å². The van der Waals surface area contributed by atoms with Gasteiger partial charge in [0.15, 0.2) is 0 Å². The Kier molecular flexibility index (Phi) is 1.89. The molecule has 1 aromatic carbocycles. The molecule has 3 nitrogen and oxygen atoms in total. The minimum absolute atomic E-state index is 0.160. The standard InChI is InChI=1S/C13H15NO2/c1-14-11-8-10(13(16)6-7-13)4-2-9(11)3-5-12(14)15/h2,4,8,16H,3,5-7H2,1H3. The Morgan fingerprint density at radius 3 is 2.75 bits per heavy atom. The van der Waals surface area contributed by atoms with Crippen LogP contribution in [0.25, 0.3) is 0 Å². The van der Waals surface area contributed by atoms with Gasteiger partial charge in [-0.2, -0.15) is 0 Å². The van der Waals surface area contributed by atoms with Gasteiger partial charge in [0.25, 0.3) is 0 Å². The quantitative estimate of drug-likeness (QED) is 0.775. The molecule has 0 spiro atoms. The molecule has 0 unspecified atom stereocenters. The summed E-state index contributed by atoms with van der Waals surface area (Å²) >= 11 is 0. The normalized spacial score (nSPS) is 21.9. The maximum absolute atomic E-state index is 11.6. The van der Waals surface area contributed by atoms with Crippen LogP contribution in [0.1, 0.15) is 30.4 Å². The van der Waals surface area contributed by atoms with Crippen molar-refractivity contribution in [3.05, 3.63) is 29.3 Å². The van der Waals surface area contributed by atoms with Gasteiger partial charge in [0.05, 0.1) is 5.60 Å². The maximum Gasteiger partial charge on any atom is 0.227 e. The molecule has 1 aromatic rings. The Balaban J connectivity index is 2.06. The van der Waals surface area contributed by atoms with E-state index in [-0.39, 0.29) is 5.91 Å².